The molecule has 2 N–H and O–H groups in total. The van der Waals surface area contributed by atoms with Crippen molar-refractivity contribution in [3.63, 3.8) is 0 Å². The standard InChI is InChI=1S/C13H16N4O/c1-9-8-14-6-7-17(9)13(18)12-10-4-2-3-5-11(10)15-16-12/h2-5,9,14H,6-8H2,1H3,(H,15,16)/t9-/m0/s1. The number of hydrogen-bond acceptors (Lipinski definition) is 3. The van der Waals surface area contributed by atoms with E-state index in [0.717, 1.165) is 30.5 Å². The molecule has 0 bridgehead atoms. The number of para-hydroxylation sites is 1. The molecule has 0 aliphatic carbocycles. The Morgan fingerprint density at radius 2 is 2.28 bits per heavy atom. The fraction of sp³-hybridized carbons (Fsp3) is 0.385. The maximum Gasteiger partial charge on any atom is 0.275 e. The number of carbonyl (C=O) groups excluding carboxylic acids is 1. The third-order valence-electron chi connectivity index (χ3n) is 3.44. The van der Waals surface area contributed by atoms with Gasteiger partial charge in [-0.25, -0.2) is 0 Å². The average Bonchev–Trinajstić information content (AvgIpc) is 2.82. The molecule has 0 radical (unpaired) electrons. The van der Waals surface area contributed by atoms with Gasteiger partial charge in [-0.3, -0.25) is 9.89 Å². The van der Waals surface area contributed by atoms with Crippen molar-refractivity contribution < 1.29 is 4.79 Å². The molecule has 1 atom stereocenters. The molecule has 0 saturated carbocycles. The van der Waals surface area contributed by atoms with Crippen LogP contribution in [0.5, 0.6) is 0 Å². The lowest BCUT2D eigenvalue weighted by Crippen LogP contribution is -2.52. The Morgan fingerprint density at radius 1 is 1.44 bits per heavy atom. The molecule has 5 nitrogen and oxygen atoms in total. The molecule has 3 rings (SSSR count). The van der Waals surface area contributed by atoms with E-state index >= 15 is 0 Å². The van der Waals surface area contributed by atoms with Crippen LogP contribution >= 0.6 is 0 Å². The number of nitrogens with zero attached hydrogens (tertiary/aromatic N) is 2. The van der Waals surface area contributed by atoms with Crippen molar-refractivity contribution in [2.45, 2.75) is 13.0 Å². The van der Waals surface area contributed by atoms with Gasteiger partial charge in [-0.05, 0) is 13.0 Å². The predicted octanol–water partition coefficient (Wildman–Crippen LogP) is 0.997. The van der Waals surface area contributed by atoms with E-state index in [1.54, 1.807) is 0 Å². The summed E-state index contributed by atoms with van der Waals surface area (Å²) in [4.78, 5) is 14.4. The molecular weight excluding hydrogens is 228 g/mol. The topological polar surface area (TPSA) is 61.0 Å². The highest BCUT2D eigenvalue weighted by Crippen LogP contribution is 2.18. The number of benzene rings is 1. The van der Waals surface area contributed by atoms with Crippen LogP contribution < -0.4 is 5.32 Å². The Labute approximate surface area is 105 Å². The monoisotopic (exact) mass is 244 g/mol. The molecule has 0 spiro atoms. The first-order chi connectivity index (χ1) is 8.77. The second-order valence-electron chi connectivity index (χ2n) is 4.67. The Hall–Kier alpha value is -1.88. The van der Waals surface area contributed by atoms with Gasteiger partial charge in [-0.1, -0.05) is 18.2 Å². The summed E-state index contributed by atoms with van der Waals surface area (Å²) in [5.74, 6) is 0.0152. The second kappa shape index (κ2) is 4.42. The number of aromatic amines is 1. The number of rotatable bonds is 1. The van der Waals surface area contributed by atoms with E-state index in [0.29, 0.717) is 5.69 Å². The smallest absolute Gasteiger partial charge is 0.275 e. The van der Waals surface area contributed by atoms with Gasteiger partial charge in [0, 0.05) is 31.1 Å². The number of aromatic nitrogens is 2. The molecule has 18 heavy (non-hydrogen) atoms. The largest absolute Gasteiger partial charge is 0.332 e. The third-order valence-corrected chi connectivity index (χ3v) is 3.44. The lowest BCUT2D eigenvalue weighted by atomic mass is 10.1. The van der Waals surface area contributed by atoms with Crippen LogP contribution in [0.15, 0.2) is 24.3 Å². The molecule has 1 amide bonds. The molecule has 1 aromatic carbocycles. The number of piperazine rings is 1. The minimum absolute atomic E-state index is 0.0152. The van der Waals surface area contributed by atoms with Crippen LogP contribution in [0.2, 0.25) is 0 Å². The molecule has 2 heterocycles. The summed E-state index contributed by atoms with van der Waals surface area (Å²) in [5.41, 5.74) is 1.43. The summed E-state index contributed by atoms with van der Waals surface area (Å²) < 4.78 is 0. The predicted molar refractivity (Wildman–Crippen MR) is 69.5 cm³/mol. The van der Waals surface area contributed by atoms with Crippen molar-refractivity contribution in [2.75, 3.05) is 19.6 Å². The van der Waals surface area contributed by atoms with Crippen LogP contribution in [0.25, 0.3) is 10.9 Å². The number of amides is 1. The molecule has 5 heteroatoms. The van der Waals surface area contributed by atoms with Gasteiger partial charge in [0.2, 0.25) is 0 Å². The van der Waals surface area contributed by atoms with Crippen LogP contribution in [0.4, 0.5) is 0 Å². The third kappa shape index (κ3) is 1.76. The quantitative estimate of drug-likeness (QED) is 0.786. The summed E-state index contributed by atoms with van der Waals surface area (Å²) in [6.07, 6.45) is 0. The van der Waals surface area contributed by atoms with Crippen molar-refractivity contribution in [1.29, 1.82) is 0 Å². The average molecular weight is 244 g/mol. The summed E-state index contributed by atoms with van der Waals surface area (Å²) in [5, 5.41) is 11.3. The molecule has 0 unspecified atom stereocenters. The molecule has 1 aliphatic heterocycles. The molecule has 1 aromatic heterocycles. The minimum atomic E-state index is 0.0152. The van der Waals surface area contributed by atoms with Gasteiger partial charge < -0.3 is 10.2 Å². The van der Waals surface area contributed by atoms with Gasteiger partial charge in [0.25, 0.3) is 5.91 Å². The van der Waals surface area contributed by atoms with Crippen molar-refractivity contribution >= 4 is 16.8 Å². The van der Waals surface area contributed by atoms with E-state index in [1.807, 2.05) is 29.2 Å². The van der Waals surface area contributed by atoms with Crippen LogP contribution in [0, 0.1) is 0 Å². The van der Waals surface area contributed by atoms with Gasteiger partial charge in [0.1, 0.15) is 0 Å². The number of fused-ring (bicyclic) bond motifs is 1. The second-order valence-corrected chi connectivity index (χ2v) is 4.67. The summed E-state index contributed by atoms with van der Waals surface area (Å²) >= 11 is 0. The molecule has 1 fully saturated rings. The molecule has 2 aromatic rings. The molecule has 1 aliphatic rings. The zero-order valence-electron chi connectivity index (χ0n) is 10.3. The van der Waals surface area contributed by atoms with Crippen LogP contribution in [0.3, 0.4) is 0 Å². The normalized spacial score (nSPS) is 20.3. The number of hydrogen-bond donors (Lipinski definition) is 2. The fourth-order valence-electron chi connectivity index (χ4n) is 2.41. The Bertz CT molecular complexity index is 577. The molecule has 1 saturated heterocycles. The first kappa shape index (κ1) is 11.2. The first-order valence-electron chi connectivity index (χ1n) is 6.22. The maximum absolute atomic E-state index is 12.5. The highest BCUT2D eigenvalue weighted by atomic mass is 16.2. The zero-order valence-corrected chi connectivity index (χ0v) is 10.3. The van der Waals surface area contributed by atoms with Gasteiger partial charge in [-0.2, -0.15) is 5.10 Å². The SMILES string of the molecule is C[C@H]1CNCCN1C(=O)c1n[nH]c2ccccc12. The lowest BCUT2D eigenvalue weighted by Gasteiger charge is -2.33. The molecular formula is C13H16N4O. The summed E-state index contributed by atoms with van der Waals surface area (Å²) in [6.45, 7) is 4.48. The summed E-state index contributed by atoms with van der Waals surface area (Å²) in [7, 11) is 0. The van der Waals surface area contributed by atoms with E-state index in [2.05, 4.69) is 22.4 Å². The van der Waals surface area contributed by atoms with Gasteiger partial charge in [0.05, 0.1) is 5.52 Å². The highest BCUT2D eigenvalue weighted by molar-refractivity contribution is 6.04. The van der Waals surface area contributed by atoms with Crippen molar-refractivity contribution in [3.8, 4) is 0 Å². The number of H-pyrrole nitrogens is 1. The Balaban J connectivity index is 1.96. The van der Waals surface area contributed by atoms with Gasteiger partial charge in [0.15, 0.2) is 5.69 Å². The Kier molecular flexibility index (Phi) is 2.76. The minimum Gasteiger partial charge on any atom is -0.332 e. The van der Waals surface area contributed by atoms with Gasteiger partial charge in [-0.15, -0.1) is 0 Å². The Morgan fingerprint density at radius 3 is 3.11 bits per heavy atom. The highest BCUT2D eigenvalue weighted by Gasteiger charge is 2.26. The number of nitrogens with one attached hydrogen (secondary N) is 2. The van der Waals surface area contributed by atoms with E-state index in [4.69, 9.17) is 0 Å². The zero-order chi connectivity index (χ0) is 12.5. The molecule has 94 valence electrons. The maximum atomic E-state index is 12.5. The van der Waals surface area contributed by atoms with Crippen LogP contribution in [0.1, 0.15) is 17.4 Å². The van der Waals surface area contributed by atoms with Crippen molar-refractivity contribution in [3.05, 3.63) is 30.0 Å². The van der Waals surface area contributed by atoms with Crippen molar-refractivity contribution in [1.82, 2.24) is 20.4 Å². The summed E-state index contributed by atoms with van der Waals surface area (Å²) in [6, 6.07) is 7.93. The van der Waals surface area contributed by atoms with E-state index in [9.17, 15) is 4.79 Å². The lowest BCUT2D eigenvalue weighted by molar-refractivity contribution is 0.0651. The van der Waals surface area contributed by atoms with Gasteiger partial charge >= 0.3 is 0 Å². The van der Waals surface area contributed by atoms with Crippen LogP contribution in [-0.2, 0) is 0 Å². The van der Waals surface area contributed by atoms with Crippen LogP contribution in [-0.4, -0.2) is 46.7 Å². The van der Waals surface area contributed by atoms with E-state index < -0.39 is 0 Å². The first-order valence-corrected chi connectivity index (χ1v) is 6.22. The fourth-order valence-corrected chi connectivity index (χ4v) is 2.41. The van der Waals surface area contributed by atoms with E-state index in [1.165, 1.54) is 0 Å². The number of carbonyl (C=O) groups is 1. The van der Waals surface area contributed by atoms with Crippen molar-refractivity contribution in [2.24, 2.45) is 0 Å². The van der Waals surface area contributed by atoms with E-state index in [-0.39, 0.29) is 11.9 Å².